The number of rotatable bonds is 2. The average molecular weight is 254 g/mol. The number of nitrogens with zero attached hydrogens (tertiary/aromatic N) is 2. The molecule has 3 nitrogen and oxygen atoms in total. The largest absolute Gasteiger partial charge is 0.392 e. The highest BCUT2D eigenvalue weighted by atomic mass is 31.0. The van der Waals surface area contributed by atoms with Crippen molar-refractivity contribution in [2.24, 2.45) is 0 Å². The predicted molar refractivity (Wildman–Crippen MR) is 77.2 cm³/mol. The number of aliphatic hydroxyl groups is 1. The molecule has 1 aromatic carbocycles. The first-order chi connectivity index (χ1) is 8.31. The first-order valence-corrected chi connectivity index (χ1v) is 6.76. The molecule has 0 bridgehead atoms. The second-order valence-electron chi connectivity index (χ2n) is 3.81. The number of para-hydroxylation sites is 1. The lowest BCUT2D eigenvalue weighted by Crippen LogP contribution is -2.42. The van der Waals surface area contributed by atoms with E-state index < -0.39 is 0 Å². The summed E-state index contributed by atoms with van der Waals surface area (Å²) in [5.41, 5.74) is 2.20. The van der Waals surface area contributed by atoms with Crippen molar-refractivity contribution in [3.8, 4) is 0 Å². The van der Waals surface area contributed by atoms with Gasteiger partial charge in [0, 0.05) is 37.4 Å². The maximum atomic E-state index is 9.26. The zero-order chi connectivity index (χ0) is 12.7. The minimum Gasteiger partial charge on any atom is -0.392 e. The summed E-state index contributed by atoms with van der Waals surface area (Å²) in [4.78, 5) is 2.34. The van der Waals surface area contributed by atoms with Gasteiger partial charge >= 0.3 is 0 Å². The molecule has 1 saturated heterocycles. The first kappa shape index (κ1) is 14.4. The van der Waals surface area contributed by atoms with Gasteiger partial charge in [-0.05, 0) is 6.07 Å². The molecule has 0 aliphatic carbocycles. The van der Waals surface area contributed by atoms with Gasteiger partial charge in [-0.15, -0.1) is 0 Å². The van der Waals surface area contributed by atoms with Crippen LogP contribution in [0.5, 0.6) is 0 Å². The van der Waals surface area contributed by atoms with Crippen molar-refractivity contribution in [2.45, 2.75) is 20.5 Å². The molecule has 96 valence electrons. The van der Waals surface area contributed by atoms with E-state index in [9.17, 15) is 5.11 Å². The van der Waals surface area contributed by atoms with Gasteiger partial charge in [0.2, 0.25) is 0 Å². The van der Waals surface area contributed by atoms with Gasteiger partial charge in [0.15, 0.2) is 0 Å². The van der Waals surface area contributed by atoms with Crippen molar-refractivity contribution in [2.75, 3.05) is 31.1 Å². The molecule has 1 aliphatic heterocycles. The maximum Gasteiger partial charge on any atom is 0.0702 e. The van der Waals surface area contributed by atoms with Gasteiger partial charge in [-0.2, -0.15) is 0 Å². The Morgan fingerprint density at radius 2 is 1.71 bits per heavy atom. The lowest BCUT2D eigenvalue weighted by atomic mass is 10.1. The topological polar surface area (TPSA) is 26.7 Å². The van der Waals surface area contributed by atoms with Gasteiger partial charge in [-0.1, -0.05) is 41.4 Å². The Kier molecular flexibility index (Phi) is 6.49. The second kappa shape index (κ2) is 7.65. The molecule has 4 heteroatoms. The van der Waals surface area contributed by atoms with Crippen LogP contribution in [0.4, 0.5) is 5.69 Å². The fourth-order valence-corrected chi connectivity index (χ4v) is 2.15. The number of hydrogen-bond acceptors (Lipinski definition) is 3. The number of anilines is 1. The molecule has 0 radical (unpaired) electrons. The molecule has 0 aromatic heterocycles. The molecule has 1 heterocycles. The van der Waals surface area contributed by atoms with E-state index >= 15 is 0 Å². The molecule has 1 unspecified atom stereocenters. The highest BCUT2D eigenvalue weighted by Crippen LogP contribution is 2.22. The Bertz CT molecular complexity index is 325. The lowest BCUT2D eigenvalue weighted by Gasteiger charge is -2.34. The molecular weight excluding hydrogens is 231 g/mol. The quantitative estimate of drug-likeness (QED) is 0.819. The number of piperazine rings is 1. The van der Waals surface area contributed by atoms with Crippen molar-refractivity contribution in [3.63, 3.8) is 0 Å². The third kappa shape index (κ3) is 3.95. The SMILES string of the molecule is CC.OCc1ccccc1N1CCN(P)CC1. The smallest absolute Gasteiger partial charge is 0.0702 e. The van der Waals surface area contributed by atoms with Gasteiger partial charge in [-0.3, -0.25) is 4.67 Å². The van der Waals surface area contributed by atoms with Crippen molar-refractivity contribution >= 4 is 15.1 Å². The van der Waals surface area contributed by atoms with Crippen molar-refractivity contribution < 1.29 is 5.11 Å². The van der Waals surface area contributed by atoms with Crippen LogP contribution in [0, 0.1) is 0 Å². The van der Waals surface area contributed by atoms with Crippen LogP contribution in [-0.4, -0.2) is 36.0 Å². The van der Waals surface area contributed by atoms with E-state index in [2.05, 4.69) is 25.0 Å². The summed E-state index contributed by atoms with van der Waals surface area (Å²) in [6.45, 7) is 8.30. The van der Waals surface area contributed by atoms with Crippen LogP contribution in [-0.2, 0) is 6.61 Å². The van der Waals surface area contributed by atoms with Crippen LogP contribution in [0.1, 0.15) is 19.4 Å². The van der Waals surface area contributed by atoms with Gasteiger partial charge in [0.05, 0.1) is 6.61 Å². The molecule has 0 spiro atoms. The second-order valence-corrected chi connectivity index (χ2v) is 4.54. The summed E-state index contributed by atoms with van der Waals surface area (Å²) in [7, 11) is 2.74. The summed E-state index contributed by atoms with van der Waals surface area (Å²) in [6.07, 6.45) is 0. The molecule has 1 fully saturated rings. The van der Waals surface area contributed by atoms with Crippen LogP contribution in [0.15, 0.2) is 24.3 Å². The molecule has 0 saturated carbocycles. The molecule has 1 N–H and O–H groups in total. The molecule has 1 aliphatic rings. The normalized spacial score (nSPS) is 16.4. The monoisotopic (exact) mass is 254 g/mol. The zero-order valence-corrected chi connectivity index (χ0v) is 11.9. The summed E-state index contributed by atoms with van der Waals surface area (Å²) in [6, 6.07) is 8.08. The van der Waals surface area contributed by atoms with E-state index in [0.717, 1.165) is 31.7 Å². The Morgan fingerprint density at radius 3 is 2.29 bits per heavy atom. The zero-order valence-electron chi connectivity index (χ0n) is 10.8. The van der Waals surface area contributed by atoms with E-state index in [1.54, 1.807) is 0 Å². The van der Waals surface area contributed by atoms with Crippen LogP contribution in [0.3, 0.4) is 0 Å². The van der Waals surface area contributed by atoms with Crippen LogP contribution >= 0.6 is 9.39 Å². The summed E-state index contributed by atoms with van der Waals surface area (Å²) in [5, 5.41) is 9.26. The summed E-state index contributed by atoms with van der Waals surface area (Å²) < 4.78 is 2.25. The Balaban J connectivity index is 0.000000686. The van der Waals surface area contributed by atoms with Crippen molar-refractivity contribution in [1.82, 2.24) is 4.67 Å². The van der Waals surface area contributed by atoms with E-state index in [0.29, 0.717) is 0 Å². The number of benzene rings is 1. The van der Waals surface area contributed by atoms with Crippen molar-refractivity contribution in [1.29, 1.82) is 0 Å². The molecule has 1 atom stereocenters. The fourth-order valence-electron chi connectivity index (χ4n) is 1.92. The number of hydrogen-bond donors (Lipinski definition) is 1. The van der Waals surface area contributed by atoms with Gasteiger partial charge < -0.3 is 10.0 Å². The third-order valence-corrected chi connectivity index (χ3v) is 3.33. The molecule has 2 rings (SSSR count). The van der Waals surface area contributed by atoms with Gasteiger partial charge in [0.25, 0.3) is 0 Å². The van der Waals surface area contributed by atoms with E-state index in [4.69, 9.17) is 0 Å². The molecule has 17 heavy (non-hydrogen) atoms. The summed E-state index contributed by atoms with van der Waals surface area (Å²) in [5.74, 6) is 0. The van der Waals surface area contributed by atoms with Gasteiger partial charge in [-0.25, -0.2) is 0 Å². The molecule has 0 amide bonds. The summed E-state index contributed by atoms with van der Waals surface area (Å²) >= 11 is 0. The number of aliphatic hydroxyl groups excluding tert-OH is 1. The first-order valence-electron chi connectivity index (χ1n) is 6.24. The molecular formula is C13H23N2OP. The lowest BCUT2D eigenvalue weighted by molar-refractivity contribution is 0.281. The fraction of sp³-hybridized carbons (Fsp3) is 0.538. The minimum absolute atomic E-state index is 0.122. The van der Waals surface area contributed by atoms with E-state index in [-0.39, 0.29) is 6.61 Å². The maximum absolute atomic E-state index is 9.26. The standard InChI is InChI=1S/C11H17N2OP.C2H6/c14-9-10-3-1-2-4-11(10)12-5-7-13(15)8-6-12;1-2/h1-4,14H,5-9,15H2;1-2H3. The van der Waals surface area contributed by atoms with E-state index in [1.807, 2.05) is 32.0 Å². The highest BCUT2D eigenvalue weighted by Gasteiger charge is 2.16. The Morgan fingerprint density at radius 1 is 1.12 bits per heavy atom. The van der Waals surface area contributed by atoms with E-state index in [1.165, 1.54) is 5.69 Å². The third-order valence-electron chi connectivity index (χ3n) is 2.82. The Hall–Kier alpha value is -0.630. The highest BCUT2D eigenvalue weighted by molar-refractivity contribution is 7.13. The Labute approximate surface area is 107 Å². The average Bonchev–Trinajstić information content (AvgIpc) is 2.42. The molecule has 1 aromatic rings. The minimum atomic E-state index is 0.122. The van der Waals surface area contributed by atoms with Crippen LogP contribution < -0.4 is 4.90 Å². The van der Waals surface area contributed by atoms with Crippen LogP contribution in [0.2, 0.25) is 0 Å². The van der Waals surface area contributed by atoms with Crippen LogP contribution in [0.25, 0.3) is 0 Å². The predicted octanol–water partition coefficient (Wildman–Crippen LogP) is 2.12. The van der Waals surface area contributed by atoms with Gasteiger partial charge in [0.1, 0.15) is 0 Å². The van der Waals surface area contributed by atoms with Crippen molar-refractivity contribution in [3.05, 3.63) is 29.8 Å².